The number of halogens is 1. The second kappa shape index (κ2) is 10.4. The van der Waals surface area contributed by atoms with Crippen LogP contribution in [0.15, 0.2) is 48.5 Å². The molecule has 2 fully saturated rings. The van der Waals surface area contributed by atoms with Gasteiger partial charge in [0.15, 0.2) is 0 Å². The van der Waals surface area contributed by atoms with Crippen molar-refractivity contribution in [3.8, 4) is 11.8 Å². The highest BCUT2D eigenvalue weighted by Gasteiger charge is 2.33. The molecule has 0 radical (unpaired) electrons. The maximum atomic E-state index is 14.9. The summed E-state index contributed by atoms with van der Waals surface area (Å²) < 4.78 is 20.2. The molecule has 0 unspecified atom stereocenters. The average molecular weight is 451 g/mol. The Balaban J connectivity index is 1.31. The smallest absolute Gasteiger partial charge is 0.414 e. The van der Waals surface area contributed by atoms with E-state index in [0.29, 0.717) is 31.0 Å². The summed E-state index contributed by atoms with van der Waals surface area (Å²) in [5.41, 5.74) is 1.97. The van der Waals surface area contributed by atoms with Crippen LogP contribution >= 0.6 is 0 Å². The number of nitrogens with zero attached hydrogens (tertiary/aromatic N) is 3. The van der Waals surface area contributed by atoms with Gasteiger partial charge in [-0.15, -0.1) is 0 Å². The molecule has 2 aliphatic rings. The number of carbonyl (C=O) groups excluding carboxylic acids is 2. The van der Waals surface area contributed by atoms with E-state index in [0.717, 1.165) is 18.7 Å². The second-order valence-corrected chi connectivity index (χ2v) is 8.12. The van der Waals surface area contributed by atoms with E-state index in [-0.39, 0.29) is 24.8 Å². The largest absolute Gasteiger partial charge is 0.442 e. The highest BCUT2D eigenvalue weighted by Crippen LogP contribution is 2.28. The van der Waals surface area contributed by atoms with Gasteiger partial charge < -0.3 is 15.0 Å². The van der Waals surface area contributed by atoms with E-state index in [9.17, 15) is 14.0 Å². The summed E-state index contributed by atoms with van der Waals surface area (Å²) in [4.78, 5) is 28.9. The number of benzene rings is 2. The average Bonchev–Trinajstić information content (AvgIpc) is 3.19. The summed E-state index contributed by atoms with van der Waals surface area (Å²) in [5.74, 6) is 5.81. The molecule has 2 amide bonds. The van der Waals surface area contributed by atoms with E-state index in [1.54, 1.807) is 12.1 Å². The fourth-order valence-corrected chi connectivity index (χ4v) is 3.94. The number of carbonyl (C=O) groups is 2. The molecule has 0 spiro atoms. The summed E-state index contributed by atoms with van der Waals surface area (Å²) in [5, 5.41) is 2.63. The quantitative estimate of drug-likeness (QED) is 0.709. The Kier molecular flexibility index (Phi) is 7.10. The van der Waals surface area contributed by atoms with E-state index in [4.69, 9.17) is 4.74 Å². The third-order valence-electron chi connectivity index (χ3n) is 5.72. The summed E-state index contributed by atoms with van der Waals surface area (Å²) in [6.45, 7) is 5.59. The van der Waals surface area contributed by atoms with E-state index in [1.807, 2.05) is 35.2 Å². The minimum absolute atomic E-state index is 0.191. The second-order valence-electron chi connectivity index (χ2n) is 8.12. The maximum absolute atomic E-state index is 14.9. The number of piperazine rings is 1. The lowest BCUT2D eigenvalue weighted by atomic mass is 10.2. The van der Waals surface area contributed by atoms with Crippen LogP contribution in [-0.4, -0.2) is 68.8 Å². The number of ether oxygens (including phenoxy) is 1. The molecule has 1 N–H and O–H groups in total. The van der Waals surface area contributed by atoms with E-state index >= 15 is 0 Å². The van der Waals surface area contributed by atoms with Crippen LogP contribution in [0.4, 0.5) is 20.6 Å². The first-order valence-corrected chi connectivity index (χ1v) is 11.0. The molecule has 8 heteroatoms. The van der Waals surface area contributed by atoms with Gasteiger partial charge in [-0.05, 0) is 30.3 Å². The lowest BCUT2D eigenvalue weighted by Gasteiger charge is -2.35. The molecule has 2 aromatic rings. The predicted molar refractivity (Wildman–Crippen MR) is 125 cm³/mol. The van der Waals surface area contributed by atoms with Crippen molar-refractivity contribution in [1.29, 1.82) is 0 Å². The van der Waals surface area contributed by atoms with Crippen LogP contribution in [0.25, 0.3) is 0 Å². The molecular formula is C25H27FN4O3. The Morgan fingerprint density at radius 3 is 2.61 bits per heavy atom. The number of cyclic esters (lactones) is 1. The monoisotopic (exact) mass is 450 g/mol. The van der Waals surface area contributed by atoms with Gasteiger partial charge in [0.25, 0.3) is 0 Å². The summed E-state index contributed by atoms with van der Waals surface area (Å²) in [6, 6.07) is 14.7. The molecule has 172 valence electrons. The van der Waals surface area contributed by atoms with Crippen LogP contribution in [0, 0.1) is 17.7 Å². The molecule has 0 aromatic heterocycles. The molecule has 0 saturated carbocycles. The van der Waals surface area contributed by atoms with Crippen molar-refractivity contribution in [1.82, 2.24) is 10.2 Å². The summed E-state index contributed by atoms with van der Waals surface area (Å²) >= 11 is 0. The first-order valence-electron chi connectivity index (χ1n) is 11.0. The number of anilines is 2. The van der Waals surface area contributed by atoms with E-state index in [1.165, 1.54) is 17.9 Å². The van der Waals surface area contributed by atoms with Crippen LogP contribution in [0.3, 0.4) is 0 Å². The van der Waals surface area contributed by atoms with Gasteiger partial charge in [0, 0.05) is 38.7 Å². The topological polar surface area (TPSA) is 65.1 Å². The number of hydrogen-bond donors (Lipinski definition) is 1. The first kappa shape index (κ1) is 22.6. The van der Waals surface area contributed by atoms with Crippen molar-refractivity contribution in [2.75, 3.05) is 55.6 Å². The van der Waals surface area contributed by atoms with Gasteiger partial charge in [0.1, 0.15) is 11.9 Å². The predicted octanol–water partition coefficient (Wildman–Crippen LogP) is 2.46. The zero-order valence-electron chi connectivity index (χ0n) is 18.6. The molecule has 2 heterocycles. The Labute approximate surface area is 193 Å². The van der Waals surface area contributed by atoms with Gasteiger partial charge in [-0.1, -0.05) is 30.0 Å². The van der Waals surface area contributed by atoms with Crippen LogP contribution in [0.5, 0.6) is 0 Å². The summed E-state index contributed by atoms with van der Waals surface area (Å²) in [6.07, 6.45) is -0.995. The SMILES string of the molecule is CC(=O)NC[C@H]1CN(c2ccc(N3CCN(CC#Cc4ccccc4)CC3)c(F)c2)C(=O)O1. The van der Waals surface area contributed by atoms with Crippen molar-refractivity contribution < 1.29 is 18.7 Å². The van der Waals surface area contributed by atoms with Crippen LogP contribution in [0.2, 0.25) is 0 Å². The molecule has 2 saturated heterocycles. The molecular weight excluding hydrogens is 423 g/mol. The standard InChI is InChI=1S/C25H27FN4O3/c1-19(31)27-17-22-18-30(25(32)33-22)21-9-10-24(23(26)16-21)29-14-12-28(13-15-29)11-5-8-20-6-3-2-4-7-20/h2-4,6-7,9-10,16,22H,11-15,17-18H2,1H3,(H,27,31)/t22-/m0/s1. The highest BCUT2D eigenvalue weighted by atomic mass is 19.1. The first-order chi connectivity index (χ1) is 16.0. The van der Waals surface area contributed by atoms with Gasteiger partial charge >= 0.3 is 6.09 Å². The Bertz CT molecular complexity index is 1060. The van der Waals surface area contributed by atoms with Gasteiger partial charge in [0.05, 0.1) is 31.0 Å². The molecule has 2 aliphatic heterocycles. The zero-order chi connectivity index (χ0) is 23.2. The van der Waals surface area contributed by atoms with E-state index < -0.39 is 12.2 Å². The van der Waals surface area contributed by atoms with Crippen molar-refractivity contribution in [2.45, 2.75) is 13.0 Å². The number of hydrogen-bond acceptors (Lipinski definition) is 5. The Morgan fingerprint density at radius 2 is 1.91 bits per heavy atom. The molecule has 2 aromatic carbocycles. The van der Waals surface area contributed by atoms with Crippen LogP contribution in [0.1, 0.15) is 12.5 Å². The van der Waals surface area contributed by atoms with Gasteiger partial charge in [-0.3, -0.25) is 14.6 Å². The highest BCUT2D eigenvalue weighted by molar-refractivity contribution is 5.90. The van der Waals surface area contributed by atoms with E-state index in [2.05, 4.69) is 22.1 Å². The molecule has 0 bridgehead atoms. The summed E-state index contributed by atoms with van der Waals surface area (Å²) in [7, 11) is 0. The third kappa shape index (κ3) is 5.82. The minimum atomic E-state index is -0.539. The number of nitrogens with one attached hydrogen (secondary N) is 1. The maximum Gasteiger partial charge on any atom is 0.414 e. The number of rotatable bonds is 5. The Hall–Kier alpha value is -3.57. The normalized spacial score (nSPS) is 18.5. The molecule has 33 heavy (non-hydrogen) atoms. The van der Waals surface area contributed by atoms with Crippen LogP contribution < -0.4 is 15.1 Å². The fourth-order valence-electron chi connectivity index (χ4n) is 3.94. The lowest BCUT2D eigenvalue weighted by Crippen LogP contribution is -2.46. The fraction of sp³-hybridized carbons (Fsp3) is 0.360. The third-order valence-corrected chi connectivity index (χ3v) is 5.72. The van der Waals surface area contributed by atoms with Crippen molar-refractivity contribution in [2.24, 2.45) is 0 Å². The van der Waals surface area contributed by atoms with Gasteiger partial charge in [-0.25, -0.2) is 9.18 Å². The lowest BCUT2D eigenvalue weighted by molar-refractivity contribution is -0.119. The van der Waals surface area contributed by atoms with Crippen molar-refractivity contribution >= 4 is 23.4 Å². The zero-order valence-corrected chi connectivity index (χ0v) is 18.6. The number of amides is 2. The van der Waals surface area contributed by atoms with Crippen LogP contribution in [-0.2, 0) is 9.53 Å². The van der Waals surface area contributed by atoms with Gasteiger partial charge in [0.2, 0.25) is 5.91 Å². The molecule has 1 atom stereocenters. The van der Waals surface area contributed by atoms with Crippen molar-refractivity contribution in [3.05, 3.63) is 59.9 Å². The molecule has 7 nitrogen and oxygen atoms in total. The Morgan fingerprint density at radius 1 is 1.15 bits per heavy atom. The minimum Gasteiger partial charge on any atom is -0.442 e. The van der Waals surface area contributed by atoms with Gasteiger partial charge in [-0.2, -0.15) is 0 Å². The molecule has 0 aliphatic carbocycles. The molecule has 4 rings (SSSR count). The van der Waals surface area contributed by atoms with Crippen molar-refractivity contribution in [3.63, 3.8) is 0 Å².